The van der Waals surface area contributed by atoms with Crippen LogP contribution in [0.3, 0.4) is 0 Å². The lowest BCUT2D eigenvalue weighted by molar-refractivity contribution is -0.0498. The van der Waals surface area contributed by atoms with E-state index < -0.39 is 6.61 Å². The first kappa shape index (κ1) is 11.8. The molecule has 1 aliphatic heterocycles. The summed E-state index contributed by atoms with van der Waals surface area (Å²) >= 11 is 0. The summed E-state index contributed by atoms with van der Waals surface area (Å²) in [6.07, 6.45) is 0. The number of benzene rings is 1. The number of hydrogen-bond donors (Lipinski definition) is 1. The molecule has 6 heteroatoms. The molecule has 4 nitrogen and oxygen atoms in total. The van der Waals surface area contributed by atoms with Crippen LogP contribution in [0.2, 0.25) is 0 Å². The van der Waals surface area contributed by atoms with E-state index >= 15 is 0 Å². The van der Waals surface area contributed by atoms with Crippen LogP contribution in [0.15, 0.2) is 24.3 Å². The summed E-state index contributed by atoms with van der Waals surface area (Å²) in [5, 5.41) is 0. The van der Waals surface area contributed by atoms with Crippen molar-refractivity contribution in [1.82, 2.24) is 4.90 Å². The zero-order valence-electron chi connectivity index (χ0n) is 8.98. The Morgan fingerprint density at radius 1 is 1.35 bits per heavy atom. The monoisotopic (exact) mass is 242 g/mol. The number of rotatable bonds is 3. The number of ether oxygens (including phenoxy) is 1. The largest absolute Gasteiger partial charge is 0.435 e. The Morgan fingerprint density at radius 3 is 2.41 bits per heavy atom. The van der Waals surface area contributed by atoms with Crippen LogP contribution in [0.25, 0.3) is 0 Å². The van der Waals surface area contributed by atoms with E-state index in [0.29, 0.717) is 18.7 Å². The summed E-state index contributed by atoms with van der Waals surface area (Å²) in [6, 6.07) is 5.66. The molecule has 2 N–H and O–H groups in total. The lowest BCUT2D eigenvalue weighted by Gasteiger charge is -2.36. The van der Waals surface area contributed by atoms with Gasteiger partial charge in [0, 0.05) is 24.7 Å². The number of alkyl halides is 2. The maximum absolute atomic E-state index is 11.9. The number of carbonyl (C=O) groups is 1. The second-order valence-electron chi connectivity index (χ2n) is 3.87. The smallest absolute Gasteiger partial charge is 0.387 e. The van der Waals surface area contributed by atoms with Crippen LogP contribution in [0.1, 0.15) is 10.4 Å². The Labute approximate surface area is 97.0 Å². The fourth-order valence-corrected chi connectivity index (χ4v) is 1.64. The van der Waals surface area contributed by atoms with E-state index in [-0.39, 0.29) is 17.7 Å². The lowest BCUT2D eigenvalue weighted by Crippen LogP contribution is -2.57. The molecule has 0 saturated carbocycles. The van der Waals surface area contributed by atoms with Crippen molar-refractivity contribution in [3.05, 3.63) is 29.8 Å². The Bertz CT molecular complexity index is 402. The van der Waals surface area contributed by atoms with Crippen molar-refractivity contribution < 1.29 is 18.3 Å². The fourth-order valence-electron chi connectivity index (χ4n) is 1.64. The summed E-state index contributed by atoms with van der Waals surface area (Å²) < 4.78 is 28.0. The third kappa shape index (κ3) is 2.71. The van der Waals surface area contributed by atoms with Gasteiger partial charge in [0.1, 0.15) is 5.75 Å². The van der Waals surface area contributed by atoms with Gasteiger partial charge < -0.3 is 15.4 Å². The van der Waals surface area contributed by atoms with E-state index in [1.807, 2.05) is 0 Å². The molecule has 0 bridgehead atoms. The fraction of sp³-hybridized carbons (Fsp3) is 0.364. The van der Waals surface area contributed by atoms with Gasteiger partial charge in [0.05, 0.1) is 0 Å². The number of amides is 1. The molecule has 0 atom stereocenters. The molecule has 1 heterocycles. The molecule has 0 unspecified atom stereocenters. The highest BCUT2D eigenvalue weighted by Crippen LogP contribution is 2.17. The molecule has 92 valence electrons. The van der Waals surface area contributed by atoms with Crippen molar-refractivity contribution in [2.75, 3.05) is 13.1 Å². The molecule has 1 amide bonds. The quantitative estimate of drug-likeness (QED) is 0.862. The highest BCUT2D eigenvalue weighted by Gasteiger charge is 2.28. The number of hydrogen-bond acceptors (Lipinski definition) is 3. The Kier molecular flexibility index (Phi) is 3.23. The van der Waals surface area contributed by atoms with Gasteiger partial charge in [-0.05, 0) is 24.3 Å². The highest BCUT2D eigenvalue weighted by molar-refractivity contribution is 5.94. The molecule has 17 heavy (non-hydrogen) atoms. The minimum absolute atomic E-state index is 0.0388. The summed E-state index contributed by atoms with van der Waals surface area (Å²) in [6.45, 7) is -1.78. The third-order valence-electron chi connectivity index (χ3n) is 2.52. The first-order valence-corrected chi connectivity index (χ1v) is 5.16. The second kappa shape index (κ2) is 4.67. The minimum Gasteiger partial charge on any atom is -0.435 e. The molecule has 1 aromatic rings. The highest BCUT2D eigenvalue weighted by atomic mass is 19.3. The number of likely N-dealkylation sites (tertiary alicyclic amines) is 1. The topological polar surface area (TPSA) is 55.6 Å². The molecule has 1 aliphatic rings. The van der Waals surface area contributed by atoms with Crippen LogP contribution < -0.4 is 10.5 Å². The summed E-state index contributed by atoms with van der Waals surface area (Å²) in [4.78, 5) is 13.4. The van der Waals surface area contributed by atoms with E-state index in [4.69, 9.17) is 5.73 Å². The van der Waals surface area contributed by atoms with Gasteiger partial charge in [-0.3, -0.25) is 4.79 Å². The Morgan fingerprint density at radius 2 is 1.94 bits per heavy atom. The molecule has 0 spiro atoms. The molecular weight excluding hydrogens is 230 g/mol. The Hall–Kier alpha value is -1.69. The minimum atomic E-state index is -2.86. The van der Waals surface area contributed by atoms with Crippen molar-refractivity contribution in [2.24, 2.45) is 5.73 Å². The van der Waals surface area contributed by atoms with E-state index in [2.05, 4.69) is 4.74 Å². The predicted molar refractivity (Wildman–Crippen MR) is 57.0 cm³/mol. The van der Waals surface area contributed by atoms with E-state index in [1.165, 1.54) is 24.3 Å². The molecule has 1 fully saturated rings. The molecule has 1 saturated heterocycles. The molecular formula is C11H12F2N2O2. The number of nitrogens with two attached hydrogens (primary N) is 1. The van der Waals surface area contributed by atoms with E-state index in [1.54, 1.807) is 4.90 Å². The van der Waals surface area contributed by atoms with E-state index in [0.717, 1.165) is 0 Å². The van der Waals surface area contributed by atoms with Crippen molar-refractivity contribution >= 4 is 5.91 Å². The van der Waals surface area contributed by atoms with Crippen LogP contribution in [0.4, 0.5) is 8.78 Å². The van der Waals surface area contributed by atoms with E-state index in [9.17, 15) is 13.6 Å². The van der Waals surface area contributed by atoms with Gasteiger partial charge in [0.25, 0.3) is 5.91 Å². The molecule has 0 aliphatic carbocycles. The van der Waals surface area contributed by atoms with Gasteiger partial charge in [-0.1, -0.05) is 0 Å². The lowest BCUT2D eigenvalue weighted by atomic mass is 10.1. The van der Waals surface area contributed by atoms with Crippen LogP contribution >= 0.6 is 0 Å². The summed E-state index contributed by atoms with van der Waals surface area (Å²) in [5.41, 5.74) is 6.01. The predicted octanol–water partition coefficient (Wildman–Crippen LogP) is 1.07. The standard InChI is InChI=1S/C11H12F2N2O2/c12-11(13)17-9-3-1-7(2-4-9)10(16)15-5-8(14)6-15/h1-4,8,11H,5-6,14H2. The molecule has 2 rings (SSSR count). The van der Waals surface area contributed by atoms with Gasteiger partial charge in [-0.2, -0.15) is 8.78 Å². The summed E-state index contributed by atoms with van der Waals surface area (Å²) in [5.74, 6) is -0.104. The molecule has 1 aromatic carbocycles. The van der Waals surface area contributed by atoms with Crippen molar-refractivity contribution in [3.63, 3.8) is 0 Å². The zero-order chi connectivity index (χ0) is 12.4. The van der Waals surface area contributed by atoms with Gasteiger partial charge >= 0.3 is 6.61 Å². The van der Waals surface area contributed by atoms with Gasteiger partial charge in [0.15, 0.2) is 0 Å². The summed E-state index contributed by atoms with van der Waals surface area (Å²) in [7, 11) is 0. The maximum atomic E-state index is 11.9. The van der Waals surface area contributed by atoms with Gasteiger partial charge in [0.2, 0.25) is 0 Å². The number of carbonyl (C=O) groups excluding carboxylic acids is 1. The zero-order valence-corrected chi connectivity index (χ0v) is 8.98. The van der Waals surface area contributed by atoms with Gasteiger partial charge in [-0.15, -0.1) is 0 Å². The average Bonchev–Trinajstić information content (AvgIpc) is 2.24. The maximum Gasteiger partial charge on any atom is 0.387 e. The number of nitrogens with zero attached hydrogens (tertiary/aromatic N) is 1. The van der Waals surface area contributed by atoms with Crippen LogP contribution in [0.5, 0.6) is 5.75 Å². The Balaban J connectivity index is 2.00. The third-order valence-corrected chi connectivity index (χ3v) is 2.52. The van der Waals surface area contributed by atoms with Crippen LogP contribution in [-0.2, 0) is 0 Å². The number of halogens is 2. The second-order valence-corrected chi connectivity index (χ2v) is 3.87. The van der Waals surface area contributed by atoms with Crippen molar-refractivity contribution in [3.8, 4) is 5.75 Å². The first-order valence-electron chi connectivity index (χ1n) is 5.16. The van der Waals surface area contributed by atoms with Crippen molar-refractivity contribution in [1.29, 1.82) is 0 Å². The van der Waals surface area contributed by atoms with Crippen LogP contribution in [0, 0.1) is 0 Å². The van der Waals surface area contributed by atoms with Gasteiger partial charge in [-0.25, -0.2) is 0 Å². The SMILES string of the molecule is NC1CN(C(=O)c2ccc(OC(F)F)cc2)C1. The molecule has 0 radical (unpaired) electrons. The average molecular weight is 242 g/mol. The van der Waals surface area contributed by atoms with Crippen LogP contribution in [-0.4, -0.2) is 36.5 Å². The van der Waals surface area contributed by atoms with Crippen molar-refractivity contribution in [2.45, 2.75) is 12.7 Å². The first-order chi connectivity index (χ1) is 8.06. The molecule has 0 aromatic heterocycles. The normalized spacial score (nSPS) is 15.9.